The summed E-state index contributed by atoms with van der Waals surface area (Å²) in [6.07, 6.45) is -0.409. The Bertz CT molecular complexity index is 329. The second-order valence-electron chi connectivity index (χ2n) is 2.43. The van der Waals surface area contributed by atoms with E-state index in [1.807, 2.05) is 0 Å². The maximum atomic E-state index is 11.7. The van der Waals surface area contributed by atoms with Gasteiger partial charge in [-0.25, -0.2) is 23.5 Å². The predicted molar refractivity (Wildman–Crippen MR) is 44.9 cm³/mol. The highest BCUT2D eigenvalue weighted by molar-refractivity contribution is 5.86. The quantitative estimate of drug-likeness (QED) is 0.703. The van der Waals surface area contributed by atoms with Gasteiger partial charge >= 0.3 is 5.97 Å². The Morgan fingerprint density at radius 2 is 2.20 bits per heavy atom. The molecule has 7 heteroatoms. The van der Waals surface area contributed by atoms with Gasteiger partial charge in [0.25, 0.3) is 6.43 Å². The van der Waals surface area contributed by atoms with Crippen molar-refractivity contribution in [3.63, 3.8) is 0 Å². The molecule has 0 fully saturated rings. The van der Waals surface area contributed by atoms with Crippen molar-refractivity contribution in [3.05, 3.63) is 18.1 Å². The molecule has 0 aliphatic carbocycles. The Kier molecular flexibility index (Phi) is 3.90. The summed E-state index contributed by atoms with van der Waals surface area (Å²) in [4.78, 5) is 18.1. The van der Waals surface area contributed by atoms with Gasteiger partial charge in [-0.1, -0.05) is 0 Å². The zero-order valence-electron chi connectivity index (χ0n) is 7.81. The van der Waals surface area contributed by atoms with Gasteiger partial charge in [-0.05, 0) is 0 Å². The maximum Gasteiger partial charge on any atom is 0.358 e. The zero-order chi connectivity index (χ0) is 11.3. The number of aromatic nitrogens is 2. The number of carbonyl (C=O) groups is 1. The van der Waals surface area contributed by atoms with Crippen LogP contribution in [-0.4, -0.2) is 36.1 Å². The summed E-state index contributed by atoms with van der Waals surface area (Å²) in [7, 11) is 1.20. The summed E-state index contributed by atoms with van der Waals surface area (Å²) < 4.78 is 32.4. The van der Waals surface area contributed by atoms with Gasteiger partial charge in [0.15, 0.2) is 12.3 Å². The second kappa shape index (κ2) is 5.18. The van der Waals surface area contributed by atoms with Gasteiger partial charge in [0, 0.05) is 0 Å². The molecule has 82 valence electrons. The monoisotopic (exact) mass is 218 g/mol. The van der Waals surface area contributed by atoms with Crippen LogP contribution in [0.15, 0.2) is 12.4 Å². The van der Waals surface area contributed by atoms with E-state index in [1.165, 1.54) is 7.11 Å². The minimum Gasteiger partial charge on any atom is -0.470 e. The highest BCUT2D eigenvalue weighted by atomic mass is 19.3. The first-order valence-electron chi connectivity index (χ1n) is 3.94. The van der Waals surface area contributed by atoms with Crippen LogP contribution in [0, 0.1) is 0 Å². The lowest BCUT2D eigenvalue weighted by Crippen LogP contribution is -2.10. The van der Waals surface area contributed by atoms with Crippen molar-refractivity contribution in [3.8, 4) is 5.88 Å². The van der Waals surface area contributed by atoms with Crippen molar-refractivity contribution in [1.29, 1.82) is 0 Å². The van der Waals surface area contributed by atoms with Gasteiger partial charge < -0.3 is 9.47 Å². The lowest BCUT2D eigenvalue weighted by molar-refractivity contribution is 0.0591. The van der Waals surface area contributed by atoms with E-state index < -0.39 is 19.0 Å². The van der Waals surface area contributed by atoms with Crippen LogP contribution in [0.2, 0.25) is 0 Å². The molecule has 1 rings (SSSR count). The van der Waals surface area contributed by atoms with Crippen molar-refractivity contribution >= 4 is 5.97 Å². The van der Waals surface area contributed by atoms with E-state index in [1.54, 1.807) is 0 Å². The molecule has 0 atom stereocenters. The van der Waals surface area contributed by atoms with E-state index in [9.17, 15) is 13.6 Å². The topological polar surface area (TPSA) is 61.3 Å². The number of methoxy groups -OCH3 is 1. The van der Waals surface area contributed by atoms with Gasteiger partial charge in [-0.15, -0.1) is 0 Å². The minimum absolute atomic E-state index is 0.0121. The molecule has 0 radical (unpaired) electrons. The number of ether oxygens (including phenoxy) is 2. The Hall–Kier alpha value is -1.79. The first kappa shape index (κ1) is 11.3. The molecule has 5 nitrogen and oxygen atoms in total. The van der Waals surface area contributed by atoms with Gasteiger partial charge in [0.1, 0.15) is 0 Å². The molecule has 0 aliphatic heterocycles. The van der Waals surface area contributed by atoms with Gasteiger partial charge in [-0.2, -0.15) is 0 Å². The van der Waals surface area contributed by atoms with Crippen LogP contribution in [0.4, 0.5) is 8.78 Å². The second-order valence-corrected chi connectivity index (χ2v) is 2.43. The predicted octanol–water partition coefficient (Wildman–Crippen LogP) is 0.907. The summed E-state index contributed by atoms with van der Waals surface area (Å²) in [5, 5.41) is 0. The average Bonchev–Trinajstić information content (AvgIpc) is 2.26. The van der Waals surface area contributed by atoms with Gasteiger partial charge in [-0.3, -0.25) is 0 Å². The molecule has 0 saturated heterocycles. The fourth-order valence-electron chi connectivity index (χ4n) is 0.749. The number of carbonyl (C=O) groups excluding carboxylic acids is 1. The van der Waals surface area contributed by atoms with Crippen LogP contribution in [0.3, 0.4) is 0 Å². The molecule has 0 amide bonds. The third-order valence-corrected chi connectivity index (χ3v) is 1.38. The molecule has 0 spiro atoms. The van der Waals surface area contributed by atoms with Crippen LogP contribution in [0.1, 0.15) is 10.5 Å². The smallest absolute Gasteiger partial charge is 0.358 e. The number of nitrogens with zero attached hydrogens (tertiary/aromatic N) is 2. The number of hydrogen-bond donors (Lipinski definition) is 0. The summed E-state index contributed by atoms with van der Waals surface area (Å²) in [6.45, 7) is -0.758. The first-order valence-corrected chi connectivity index (χ1v) is 3.94. The molecule has 0 aliphatic rings. The zero-order valence-corrected chi connectivity index (χ0v) is 7.81. The Morgan fingerprint density at radius 3 is 2.67 bits per heavy atom. The largest absolute Gasteiger partial charge is 0.470 e. The number of rotatable bonds is 4. The summed E-state index contributed by atoms with van der Waals surface area (Å²) in [5.74, 6) is -0.717. The van der Waals surface area contributed by atoms with Crippen LogP contribution in [-0.2, 0) is 4.74 Å². The normalized spacial score (nSPS) is 10.1. The van der Waals surface area contributed by atoms with Crippen LogP contribution >= 0.6 is 0 Å². The molecule has 0 aromatic carbocycles. The minimum atomic E-state index is -2.58. The van der Waals surface area contributed by atoms with Crippen molar-refractivity contribution in [2.24, 2.45) is 0 Å². The molecule has 0 saturated carbocycles. The molecule has 0 unspecified atom stereocenters. The highest BCUT2D eigenvalue weighted by Crippen LogP contribution is 2.06. The van der Waals surface area contributed by atoms with Crippen LogP contribution in [0.5, 0.6) is 5.88 Å². The fraction of sp³-hybridized carbons (Fsp3) is 0.375. The van der Waals surface area contributed by atoms with Crippen LogP contribution < -0.4 is 4.74 Å². The van der Waals surface area contributed by atoms with Gasteiger partial charge in [0.2, 0.25) is 5.88 Å². The highest BCUT2D eigenvalue weighted by Gasteiger charge is 2.09. The summed E-state index contributed by atoms with van der Waals surface area (Å²) in [6, 6.07) is 0. The standard InChI is InChI=1S/C8H8F2N2O3/c1-14-8(13)5-2-12-7(3-11-5)15-4-6(9)10/h2-3,6H,4H2,1H3. The van der Waals surface area contributed by atoms with E-state index in [4.69, 9.17) is 0 Å². The molecule has 1 heterocycles. The number of esters is 1. The Balaban J connectivity index is 2.60. The van der Waals surface area contributed by atoms with Crippen molar-refractivity contribution in [1.82, 2.24) is 9.97 Å². The molecular formula is C8H8F2N2O3. The van der Waals surface area contributed by atoms with Gasteiger partial charge in [0.05, 0.1) is 19.5 Å². The third-order valence-electron chi connectivity index (χ3n) is 1.38. The molecule has 15 heavy (non-hydrogen) atoms. The van der Waals surface area contributed by atoms with Crippen LogP contribution in [0.25, 0.3) is 0 Å². The van der Waals surface area contributed by atoms with E-state index in [0.717, 1.165) is 12.4 Å². The lowest BCUT2D eigenvalue weighted by atomic mass is 10.4. The average molecular weight is 218 g/mol. The Morgan fingerprint density at radius 1 is 1.47 bits per heavy atom. The van der Waals surface area contributed by atoms with E-state index in [2.05, 4.69) is 19.4 Å². The number of hydrogen-bond acceptors (Lipinski definition) is 5. The third kappa shape index (κ3) is 3.45. The summed E-state index contributed by atoms with van der Waals surface area (Å²) >= 11 is 0. The number of halogens is 2. The van der Waals surface area contributed by atoms with E-state index in [-0.39, 0.29) is 11.6 Å². The van der Waals surface area contributed by atoms with E-state index in [0.29, 0.717) is 0 Å². The fourth-order valence-corrected chi connectivity index (χ4v) is 0.749. The SMILES string of the molecule is COC(=O)c1cnc(OCC(F)F)cn1. The molecule has 0 N–H and O–H groups in total. The molecule has 0 bridgehead atoms. The molecule has 1 aromatic rings. The molecule has 1 aromatic heterocycles. The lowest BCUT2D eigenvalue weighted by Gasteiger charge is -2.03. The molecular weight excluding hydrogens is 210 g/mol. The van der Waals surface area contributed by atoms with Crippen molar-refractivity contribution < 1.29 is 23.0 Å². The van der Waals surface area contributed by atoms with E-state index >= 15 is 0 Å². The maximum absolute atomic E-state index is 11.7. The Labute approximate surface area is 84.1 Å². The van der Waals surface area contributed by atoms with Crippen molar-refractivity contribution in [2.45, 2.75) is 6.43 Å². The number of alkyl halides is 2. The van der Waals surface area contributed by atoms with Crippen molar-refractivity contribution in [2.75, 3.05) is 13.7 Å². The first-order chi connectivity index (χ1) is 7.13. The summed E-state index contributed by atoms with van der Waals surface area (Å²) in [5.41, 5.74) is -0.0121.